The number of rotatable bonds is 7. The maximum Gasteiger partial charge on any atom is 0.340 e. The van der Waals surface area contributed by atoms with Crippen molar-refractivity contribution >= 4 is 28.6 Å². The summed E-state index contributed by atoms with van der Waals surface area (Å²) in [6, 6.07) is 11.8. The number of nitrogens with one attached hydrogen (secondary N) is 1. The van der Waals surface area contributed by atoms with Gasteiger partial charge in [0.25, 0.3) is 0 Å². The van der Waals surface area contributed by atoms with Gasteiger partial charge in [0.15, 0.2) is 0 Å². The lowest BCUT2D eigenvalue weighted by Gasteiger charge is -2.13. The number of hydrogen-bond acceptors (Lipinski definition) is 5. The highest BCUT2D eigenvalue weighted by molar-refractivity contribution is 7.98. The van der Waals surface area contributed by atoms with E-state index in [1.165, 1.54) is 5.56 Å². The quantitative estimate of drug-likeness (QED) is 0.446. The van der Waals surface area contributed by atoms with Crippen molar-refractivity contribution in [3.05, 3.63) is 58.8 Å². The number of ether oxygens (including phenoxy) is 1. The van der Waals surface area contributed by atoms with Crippen LogP contribution < -0.4 is 0 Å². The molecule has 0 spiro atoms. The number of nitrogens with zero attached hydrogens (tertiary/aromatic N) is 1. The fraction of sp³-hybridized carbons (Fsp3) is 0.318. The molecule has 2 aromatic carbocycles. The second kappa shape index (κ2) is 8.71. The molecule has 2 N–H and O–H groups in total. The zero-order valence-electron chi connectivity index (χ0n) is 16.7. The van der Waals surface area contributed by atoms with Gasteiger partial charge >= 0.3 is 5.97 Å². The van der Waals surface area contributed by atoms with Crippen LogP contribution in [-0.2, 0) is 17.0 Å². The molecule has 0 aliphatic carbocycles. The Morgan fingerprint density at radius 3 is 2.54 bits per heavy atom. The van der Waals surface area contributed by atoms with Crippen LogP contribution in [0.4, 0.5) is 0 Å². The number of aromatic hydroxyl groups is 1. The fourth-order valence-electron chi connectivity index (χ4n) is 3.21. The summed E-state index contributed by atoms with van der Waals surface area (Å²) < 4.78 is 5.34. The van der Waals surface area contributed by atoms with E-state index >= 15 is 0 Å². The van der Waals surface area contributed by atoms with Crippen molar-refractivity contribution in [1.82, 2.24) is 9.88 Å². The van der Waals surface area contributed by atoms with Gasteiger partial charge in [-0.15, -0.1) is 11.8 Å². The van der Waals surface area contributed by atoms with Gasteiger partial charge in [-0.3, -0.25) is 0 Å². The molecular formula is C22H26N2O3S. The fourth-order valence-corrected chi connectivity index (χ4v) is 4.06. The Balaban J connectivity index is 2.06. The molecule has 1 aromatic heterocycles. The average molecular weight is 399 g/mol. The van der Waals surface area contributed by atoms with E-state index < -0.39 is 0 Å². The monoisotopic (exact) mass is 398 g/mol. The second-order valence-corrected chi connectivity index (χ2v) is 8.07. The van der Waals surface area contributed by atoms with Crippen molar-refractivity contribution in [3.8, 4) is 5.75 Å². The lowest BCUT2D eigenvalue weighted by molar-refractivity contribution is 0.0527. The van der Waals surface area contributed by atoms with Crippen molar-refractivity contribution in [2.75, 3.05) is 20.7 Å². The van der Waals surface area contributed by atoms with E-state index in [9.17, 15) is 9.90 Å². The third-order valence-electron chi connectivity index (χ3n) is 4.48. The summed E-state index contributed by atoms with van der Waals surface area (Å²) in [6.07, 6.45) is 0. The highest BCUT2D eigenvalue weighted by atomic mass is 32.2. The molecule has 3 aromatic rings. The van der Waals surface area contributed by atoms with E-state index in [1.54, 1.807) is 24.8 Å². The van der Waals surface area contributed by atoms with Gasteiger partial charge in [0.2, 0.25) is 0 Å². The van der Waals surface area contributed by atoms with Gasteiger partial charge < -0.3 is 19.7 Å². The maximum absolute atomic E-state index is 12.8. The first-order valence-corrected chi connectivity index (χ1v) is 10.3. The number of carbonyl (C=O) groups excluding carboxylic acids is 1. The summed E-state index contributed by atoms with van der Waals surface area (Å²) in [7, 11) is 3.87. The molecule has 0 atom stereocenters. The zero-order valence-corrected chi connectivity index (χ0v) is 17.5. The van der Waals surface area contributed by atoms with Gasteiger partial charge in [-0.05, 0) is 52.2 Å². The van der Waals surface area contributed by atoms with Crippen LogP contribution in [0.3, 0.4) is 0 Å². The number of hydrogen-bond donors (Lipinski definition) is 2. The molecular weight excluding hydrogens is 372 g/mol. The van der Waals surface area contributed by atoms with Gasteiger partial charge in [-0.1, -0.05) is 17.7 Å². The average Bonchev–Trinajstić information content (AvgIpc) is 3.02. The number of benzene rings is 2. The first-order valence-electron chi connectivity index (χ1n) is 9.27. The topological polar surface area (TPSA) is 65.6 Å². The molecule has 5 nitrogen and oxygen atoms in total. The molecule has 0 aliphatic rings. The third kappa shape index (κ3) is 4.34. The van der Waals surface area contributed by atoms with Crippen molar-refractivity contribution in [3.63, 3.8) is 0 Å². The SMILES string of the molecule is CCOC(=O)c1c(CSc2ccc(C)cc2)[nH]c2ccc(O)c(CN(C)C)c12. The van der Waals surface area contributed by atoms with Gasteiger partial charge in [0, 0.05) is 39.4 Å². The Hall–Kier alpha value is -2.44. The Morgan fingerprint density at radius 1 is 1.18 bits per heavy atom. The van der Waals surface area contributed by atoms with Gasteiger partial charge in [0.1, 0.15) is 5.75 Å². The summed E-state index contributed by atoms with van der Waals surface area (Å²) in [5.41, 5.74) is 4.10. The number of carbonyl (C=O) groups is 1. The molecule has 0 unspecified atom stereocenters. The standard InChI is InChI=1S/C22H26N2O3S/c1-5-27-22(26)21-18(13-28-15-8-6-14(2)7-9-15)23-17-10-11-19(25)16(20(17)21)12-24(3)4/h6-11,23,25H,5,12-13H2,1-4H3. The molecule has 0 saturated heterocycles. The van der Waals surface area contributed by atoms with Crippen LogP contribution in [0.5, 0.6) is 5.75 Å². The highest BCUT2D eigenvalue weighted by Gasteiger charge is 2.24. The van der Waals surface area contributed by atoms with Crippen molar-refractivity contribution in [2.24, 2.45) is 0 Å². The molecule has 3 rings (SSSR count). The molecule has 0 aliphatic heterocycles. The van der Waals surface area contributed by atoms with Crippen molar-refractivity contribution in [2.45, 2.75) is 31.0 Å². The van der Waals surface area contributed by atoms with Crippen LogP contribution in [0.1, 0.15) is 34.1 Å². The largest absolute Gasteiger partial charge is 0.508 e. The number of phenolic OH excluding ortho intramolecular Hbond substituents is 1. The Morgan fingerprint density at radius 2 is 1.89 bits per heavy atom. The van der Waals surface area contributed by atoms with Crippen LogP contribution in [0, 0.1) is 6.92 Å². The molecule has 6 heteroatoms. The minimum Gasteiger partial charge on any atom is -0.508 e. The lowest BCUT2D eigenvalue weighted by atomic mass is 10.0. The number of fused-ring (bicyclic) bond motifs is 1. The van der Waals surface area contributed by atoms with E-state index in [4.69, 9.17) is 4.74 Å². The molecule has 0 amide bonds. The van der Waals surface area contributed by atoms with E-state index in [1.807, 2.05) is 25.1 Å². The number of phenols is 1. The van der Waals surface area contributed by atoms with Crippen LogP contribution in [0.2, 0.25) is 0 Å². The summed E-state index contributed by atoms with van der Waals surface area (Å²) in [5.74, 6) is 0.427. The molecule has 0 bridgehead atoms. The minimum absolute atomic E-state index is 0.184. The second-order valence-electron chi connectivity index (χ2n) is 7.02. The molecule has 1 heterocycles. The van der Waals surface area contributed by atoms with Crippen LogP contribution >= 0.6 is 11.8 Å². The molecule has 148 valence electrons. The number of aryl methyl sites for hydroxylation is 1. The molecule has 28 heavy (non-hydrogen) atoms. The van der Waals surface area contributed by atoms with Crippen LogP contribution in [0.25, 0.3) is 10.9 Å². The first kappa shape index (κ1) is 20.3. The molecule has 0 saturated carbocycles. The predicted octanol–water partition coefficient (Wildman–Crippen LogP) is 4.71. The molecule has 0 radical (unpaired) electrons. The zero-order chi connectivity index (χ0) is 20.3. The summed E-state index contributed by atoms with van der Waals surface area (Å²) in [5, 5.41) is 11.2. The van der Waals surface area contributed by atoms with E-state index in [0.717, 1.165) is 27.1 Å². The summed E-state index contributed by atoms with van der Waals surface area (Å²) in [6.45, 7) is 4.69. The highest BCUT2D eigenvalue weighted by Crippen LogP contribution is 2.35. The minimum atomic E-state index is -0.362. The number of aromatic amines is 1. The maximum atomic E-state index is 12.8. The smallest absolute Gasteiger partial charge is 0.340 e. The normalized spacial score (nSPS) is 11.3. The first-order chi connectivity index (χ1) is 13.4. The summed E-state index contributed by atoms with van der Waals surface area (Å²) in [4.78, 5) is 19.3. The van der Waals surface area contributed by atoms with Crippen LogP contribution in [0.15, 0.2) is 41.3 Å². The van der Waals surface area contributed by atoms with Gasteiger partial charge in [-0.25, -0.2) is 4.79 Å². The Kier molecular flexibility index (Phi) is 6.31. The Labute approximate surface area is 169 Å². The predicted molar refractivity (Wildman–Crippen MR) is 114 cm³/mol. The molecule has 0 fully saturated rings. The number of thioether (sulfide) groups is 1. The van der Waals surface area contributed by atoms with E-state index in [-0.39, 0.29) is 11.7 Å². The van der Waals surface area contributed by atoms with Gasteiger partial charge in [-0.2, -0.15) is 0 Å². The van der Waals surface area contributed by atoms with Crippen molar-refractivity contribution < 1.29 is 14.6 Å². The van der Waals surface area contributed by atoms with E-state index in [0.29, 0.717) is 24.5 Å². The summed E-state index contributed by atoms with van der Waals surface area (Å²) >= 11 is 1.66. The third-order valence-corrected chi connectivity index (χ3v) is 5.52. The number of esters is 1. The van der Waals surface area contributed by atoms with Gasteiger partial charge in [0.05, 0.1) is 12.2 Å². The lowest BCUT2D eigenvalue weighted by Crippen LogP contribution is -2.12. The Bertz CT molecular complexity index is 978. The van der Waals surface area contributed by atoms with Crippen molar-refractivity contribution in [1.29, 1.82) is 0 Å². The van der Waals surface area contributed by atoms with Crippen LogP contribution in [-0.4, -0.2) is 41.7 Å². The number of H-pyrrole nitrogens is 1. The van der Waals surface area contributed by atoms with E-state index in [2.05, 4.69) is 36.2 Å². The number of aromatic nitrogens is 1.